The summed E-state index contributed by atoms with van der Waals surface area (Å²) in [6.45, 7) is 4.67. The van der Waals surface area contributed by atoms with E-state index >= 15 is 0 Å². The minimum absolute atomic E-state index is 0.0224. The van der Waals surface area contributed by atoms with E-state index < -0.39 is 10.1 Å². The highest BCUT2D eigenvalue weighted by atomic mass is 35.5. The number of ether oxygens (including phenoxy) is 1. The monoisotopic (exact) mass is 555 g/mol. The molecule has 0 heterocycles. The van der Waals surface area contributed by atoms with Crippen molar-refractivity contribution in [2.75, 3.05) is 13.7 Å². The molecule has 0 spiro atoms. The van der Waals surface area contributed by atoms with Gasteiger partial charge in [0.15, 0.2) is 11.5 Å². The summed E-state index contributed by atoms with van der Waals surface area (Å²) >= 11 is 18.1. The van der Waals surface area contributed by atoms with Crippen molar-refractivity contribution in [3.8, 4) is 11.5 Å². The Bertz CT molecular complexity index is 1330. The second-order valence-corrected chi connectivity index (χ2v) is 10.9. The topological polar surface area (TPSA) is 72.9 Å². The first-order valence-corrected chi connectivity index (χ1v) is 13.2. The van der Waals surface area contributed by atoms with E-state index in [0.29, 0.717) is 22.7 Å². The molecule has 0 saturated heterocycles. The van der Waals surface area contributed by atoms with Gasteiger partial charge in [-0.05, 0) is 53.9 Å². The molecule has 10 heteroatoms. The Morgan fingerprint density at radius 3 is 2.26 bits per heavy atom. The number of halogens is 3. The molecule has 0 unspecified atom stereocenters. The molecule has 3 aromatic rings. The first-order chi connectivity index (χ1) is 16.5. The van der Waals surface area contributed by atoms with Crippen molar-refractivity contribution in [3.63, 3.8) is 0 Å². The van der Waals surface area contributed by atoms with Gasteiger partial charge in [-0.3, -0.25) is 4.79 Å². The molecule has 1 amide bonds. The molecule has 0 aliphatic heterocycles. The van der Waals surface area contributed by atoms with Gasteiger partial charge in [0.05, 0.1) is 27.7 Å². The maximum atomic E-state index is 13.3. The summed E-state index contributed by atoms with van der Waals surface area (Å²) in [6, 6.07) is 15.6. The van der Waals surface area contributed by atoms with Crippen LogP contribution in [0.2, 0.25) is 15.1 Å². The average molecular weight is 557 g/mol. The molecule has 0 saturated carbocycles. The normalized spacial score (nSPS) is 11.4. The van der Waals surface area contributed by atoms with Crippen molar-refractivity contribution < 1.29 is 22.1 Å². The van der Waals surface area contributed by atoms with Crippen LogP contribution in [0, 0.1) is 5.92 Å². The Labute approximate surface area is 220 Å². The quantitative estimate of drug-likeness (QED) is 0.274. The van der Waals surface area contributed by atoms with Crippen molar-refractivity contribution in [2.45, 2.75) is 25.3 Å². The van der Waals surface area contributed by atoms with E-state index in [2.05, 4.69) is 0 Å². The van der Waals surface area contributed by atoms with Gasteiger partial charge in [0.2, 0.25) is 0 Å². The highest BCUT2D eigenvalue weighted by Gasteiger charge is 2.23. The number of carbonyl (C=O) groups excluding carboxylic acids is 1. The predicted molar refractivity (Wildman–Crippen MR) is 138 cm³/mol. The Morgan fingerprint density at radius 1 is 0.914 bits per heavy atom. The van der Waals surface area contributed by atoms with Crippen LogP contribution in [0.3, 0.4) is 0 Å². The summed E-state index contributed by atoms with van der Waals surface area (Å²) < 4.78 is 36.5. The molecule has 0 bridgehead atoms. The Hall–Kier alpha value is -2.45. The molecule has 0 atom stereocenters. The van der Waals surface area contributed by atoms with Crippen molar-refractivity contribution in [2.24, 2.45) is 5.92 Å². The molecule has 0 radical (unpaired) electrons. The molecule has 6 nitrogen and oxygen atoms in total. The standard InChI is InChI=1S/C25H24Cl3NO5S/c1-16(2)14-29(25(30)19-6-4-5-7-20(19)26)15-17-8-11-23(33-3)24(12-17)34-35(31,32)18-9-10-21(27)22(28)13-18/h4-13,16H,14-15H2,1-3H3. The van der Waals surface area contributed by atoms with Gasteiger partial charge >= 0.3 is 10.1 Å². The zero-order valence-corrected chi connectivity index (χ0v) is 22.4. The van der Waals surface area contributed by atoms with E-state index in [1.54, 1.807) is 41.3 Å². The molecule has 0 aliphatic carbocycles. The Balaban J connectivity index is 1.93. The van der Waals surface area contributed by atoms with E-state index in [1.807, 2.05) is 13.8 Å². The summed E-state index contributed by atoms with van der Waals surface area (Å²) in [5.41, 5.74) is 1.04. The third-order valence-corrected chi connectivity index (χ3v) is 7.26. The zero-order chi connectivity index (χ0) is 25.8. The number of amides is 1. The number of benzene rings is 3. The predicted octanol–water partition coefficient (Wildman–Crippen LogP) is 6.72. The fourth-order valence-corrected chi connectivity index (χ4v) is 4.91. The lowest BCUT2D eigenvalue weighted by atomic mass is 10.1. The largest absolute Gasteiger partial charge is 0.493 e. The van der Waals surface area contributed by atoms with Crippen LogP contribution >= 0.6 is 34.8 Å². The number of hydrogen-bond donors (Lipinski definition) is 0. The highest BCUT2D eigenvalue weighted by molar-refractivity contribution is 7.87. The summed E-state index contributed by atoms with van der Waals surface area (Å²) in [5.74, 6) is 0.146. The minimum atomic E-state index is -4.24. The van der Waals surface area contributed by atoms with Crippen molar-refractivity contribution >= 4 is 50.8 Å². The van der Waals surface area contributed by atoms with Crippen molar-refractivity contribution in [1.82, 2.24) is 4.90 Å². The molecule has 0 fully saturated rings. The van der Waals surface area contributed by atoms with Crippen LogP contribution in [-0.4, -0.2) is 32.9 Å². The lowest BCUT2D eigenvalue weighted by molar-refractivity contribution is 0.0722. The molecule has 186 valence electrons. The molecule has 0 N–H and O–H groups in total. The number of carbonyl (C=O) groups is 1. The summed E-state index contributed by atoms with van der Waals surface area (Å²) in [7, 11) is -2.83. The lowest BCUT2D eigenvalue weighted by Crippen LogP contribution is -2.34. The molecule has 3 aromatic carbocycles. The molecular formula is C25H24Cl3NO5S. The summed E-state index contributed by atoms with van der Waals surface area (Å²) in [5, 5.41) is 0.663. The molecule has 35 heavy (non-hydrogen) atoms. The maximum Gasteiger partial charge on any atom is 0.339 e. The van der Waals surface area contributed by atoms with Gasteiger partial charge in [0, 0.05) is 13.1 Å². The molecule has 0 aliphatic rings. The van der Waals surface area contributed by atoms with E-state index in [-0.39, 0.29) is 44.8 Å². The van der Waals surface area contributed by atoms with Gasteiger partial charge in [-0.1, -0.05) is 66.8 Å². The van der Waals surface area contributed by atoms with Crippen LogP contribution in [0.4, 0.5) is 0 Å². The summed E-state index contributed by atoms with van der Waals surface area (Å²) in [4.78, 5) is 14.8. The SMILES string of the molecule is COc1ccc(CN(CC(C)C)C(=O)c2ccccc2Cl)cc1OS(=O)(=O)c1ccc(Cl)c(Cl)c1. The van der Waals surface area contributed by atoms with Crippen molar-refractivity contribution in [1.29, 1.82) is 0 Å². The molecule has 3 rings (SSSR count). The lowest BCUT2D eigenvalue weighted by Gasteiger charge is -2.25. The zero-order valence-electron chi connectivity index (χ0n) is 19.3. The number of methoxy groups -OCH3 is 1. The number of rotatable bonds is 9. The smallest absolute Gasteiger partial charge is 0.339 e. The van der Waals surface area contributed by atoms with E-state index in [9.17, 15) is 13.2 Å². The van der Waals surface area contributed by atoms with Crippen LogP contribution in [-0.2, 0) is 16.7 Å². The summed E-state index contributed by atoms with van der Waals surface area (Å²) in [6.07, 6.45) is 0. The van der Waals surface area contributed by atoms with Gasteiger partial charge in [-0.2, -0.15) is 8.42 Å². The Morgan fingerprint density at radius 2 is 1.63 bits per heavy atom. The maximum absolute atomic E-state index is 13.3. The van der Waals surface area contributed by atoms with E-state index in [0.717, 1.165) is 0 Å². The fraction of sp³-hybridized carbons (Fsp3) is 0.240. The third-order valence-electron chi connectivity index (χ3n) is 4.96. The second-order valence-electron chi connectivity index (χ2n) is 8.16. The highest BCUT2D eigenvalue weighted by Crippen LogP contribution is 2.33. The third kappa shape index (κ3) is 6.82. The van der Waals surface area contributed by atoms with Gasteiger partial charge in [-0.25, -0.2) is 0 Å². The van der Waals surface area contributed by atoms with Crippen LogP contribution in [0.25, 0.3) is 0 Å². The van der Waals surface area contributed by atoms with E-state index in [1.165, 1.54) is 31.4 Å². The van der Waals surface area contributed by atoms with Gasteiger partial charge < -0.3 is 13.8 Å². The first-order valence-electron chi connectivity index (χ1n) is 10.6. The van der Waals surface area contributed by atoms with Crippen LogP contribution < -0.4 is 8.92 Å². The van der Waals surface area contributed by atoms with Gasteiger partial charge in [0.25, 0.3) is 5.91 Å². The van der Waals surface area contributed by atoms with Crippen LogP contribution in [0.15, 0.2) is 65.6 Å². The van der Waals surface area contributed by atoms with E-state index in [4.69, 9.17) is 43.7 Å². The van der Waals surface area contributed by atoms with Gasteiger partial charge in [-0.15, -0.1) is 0 Å². The van der Waals surface area contributed by atoms with Crippen molar-refractivity contribution in [3.05, 3.63) is 86.9 Å². The average Bonchev–Trinajstić information content (AvgIpc) is 2.80. The van der Waals surface area contributed by atoms with Crippen LogP contribution in [0.5, 0.6) is 11.5 Å². The second kappa shape index (κ2) is 11.5. The Kier molecular flexibility index (Phi) is 8.94. The first kappa shape index (κ1) is 27.1. The number of nitrogens with zero attached hydrogens (tertiary/aromatic N) is 1. The number of hydrogen-bond acceptors (Lipinski definition) is 5. The minimum Gasteiger partial charge on any atom is -0.493 e. The fourth-order valence-electron chi connectivity index (χ4n) is 3.37. The molecule has 0 aromatic heterocycles. The van der Waals surface area contributed by atoms with Gasteiger partial charge in [0.1, 0.15) is 4.90 Å². The van der Waals surface area contributed by atoms with Crippen LogP contribution in [0.1, 0.15) is 29.8 Å². The molecular weight excluding hydrogens is 533 g/mol.